The molecule has 0 radical (unpaired) electrons. The molecule has 15 heteroatoms. The molecule has 1 spiro atoms. The Balaban J connectivity index is 1.17. The molecule has 21 atom stereocenters. The van der Waals surface area contributed by atoms with Crippen molar-refractivity contribution < 1.29 is 74.4 Å². The van der Waals surface area contributed by atoms with E-state index in [-0.39, 0.29) is 17.4 Å². The van der Waals surface area contributed by atoms with Crippen LogP contribution in [0.2, 0.25) is 0 Å². The molecule has 3 heterocycles. The summed E-state index contributed by atoms with van der Waals surface area (Å²) in [5, 5.41) is 95.6. The van der Waals surface area contributed by atoms with Gasteiger partial charge in [0.1, 0.15) is 54.9 Å². The first-order chi connectivity index (χ1) is 25.6. The number of rotatable bonds is 10. The molecule has 3 saturated heterocycles. The van der Waals surface area contributed by atoms with E-state index in [4.69, 9.17) is 28.4 Å². The van der Waals surface area contributed by atoms with Crippen molar-refractivity contribution in [2.24, 2.45) is 39.9 Å². The molecular formula is C39H64O15. The summed E-state index contributed by atoms with van der Waals surface area (Å²) in [5.41, 5.74) is 1.52. The van der Waals surface area contributed by atoms with E-state index in [0.717, 1.165) is 38.5 Å². The fraction of sp³-hybridized carbons (Fsp3) is 0.949. The Morgan fingerprint density at radius 2 is 1.28 bits per heavy atom. The van der Waals surface area contributed by atoms with Gasteiger partial charge in [-0.05, 0) is 85.4 Å². The minimum atomic E-state index is -1.82. The molecule has 15 nitrogen and oxygen atoms in total. The Kier molecular flexibility index (Phi) is 12.0. The zero-order chi connectivity index (χ0) is 38.9. The van der Waals surface area contributed by atoms with Crippen LogP contribution >= 0.6 is 0 Å². The molecule has 0 aromatic heterocycles. The number of allylic oxidation sites excluding steroid dienone is 1. The molecule has 54 heavy (non-hydrogen) atoms. The molecule has 0 amide bonds. The van der Waals surface area contributed by atoms with E-state index in [0.29, 0.717) is 23.2 Å². The highest BCUT2D eigenvalue weighted by Crippen LogP contribution is 2.72. The number of hydrogen-bond donors (Lipinski definition) is 9. The molecule has 2 bridgehead atoms. The van der Waals surface area contributed by atoms with Gasteiger partial charge in [-0.3, -0.25) is 0 Å². The maximum absolute atomic E-state index is 11.6. The second-order valence-electron chi connectivity index (χ2n) is 18.3. The molecule has 0 unspecified atom stereocenters. The van der Waals surface area contributed by atoms with Crippen molar-refractivity contribution in [1.82, 2.24) is 0 Å². The van der Waals surface area contributed by atoms with Crippen LogP contribution in [0.3, 0.4) is 0 Å². The number of aliphatic hydroxyl groups excluding tert-OH is 9. The summed E-state index contributed by atoms with van der Waals surface area (Å²) in [5.74, 6) is 0.895. The predicted molar refractivity (Wildman–Crippen MR) is 188 cm³/mol. The van der Waals surface area contributed by atoms with Crippen LogP contribution in [0.5, 0.6) is 0 Å². The van der Waals surface area contributed by atoms with E-state index in [1.807, 2.05) is 0 Å². The highest BCUT2D eigenvalue weighted by Gasteiger charge is 2.64. The normalized spacial score (nSPS) is 54.9. The lowest BCUT2D eigenvalue weighted by Crippen LogP contribution is -2.67. The van der Waals surface area contributed by atoms with Gasteiger partial charge in [0.2, 0.25) is 0 Å². The number of aliphatic hydroxyl groups is 9. The Bertz CT molecular complexity index is 1320. The quantitative estimate of drug-likeness (QED) is 0.130. The van der Waals surface area contributed by atoms with E-state index in [2.05, 4.69) is 20.4 Å². The van der Waals surface area contributed by atoms with Crippen LogP contribution in [0.15, 0.2) is 12.2 Å². The minimum absolute atomic E-state index is 0.0923. The summed E-state index contributed by atoms with van der Waals surface area (Å²) in [6.07, 6.45) is -11.0. The topological polar surface area (TPSA) is 237 Å². The third-order valence-electron chi connectivity index (χ3n) is 15.2. The fourth-order valence-electron chi connectivity index (χ4n) is 12.3. The minimum Gasteiger partial charge on any atom is -0.394 e. The zero-order valence-corrected chi connectivity index (χ0v) is 31.8. The molecule has 310 valence electrons. The lowest BCUT2D eigenvalue weighted by molar-refractivity contribution is -0.392. The maximum Gasteiger partial charge on any atom is 0.187 e. The van der Waals surface area contributed by atoms with Crippen LogP contribution in [0, 0.1) is 39.9 Å². The third-order valence-corrected chi connectivity index (χ3v) is 15.2. The van der Waals surface area contributed by atoms with Crippen molar-refractivity contribution in [2.75, 3.05) is 26.4 Å². The summed E-state index contributed by atoms with van der Waals surface area (Å²) < 4.78 is 36.8. The van der Waals surface area contributed by atoms with Gasteiger partial charge in [0.15, 0.2) is 18.9 Å². The smallest absolute Gasteiger partial charge is 0.187 e. The average Bonchev–Trinajstić information content (AvgIpc) is 3.38. The van der Waals surface area contributed by atoms with E-state index in [1.54, 1.807) is 6.92 Å². The molecule has 4 saturated carbocycles. The lowest BCUT2D eigenvalue weighted by Gasteiger charge is -2.64. The average molecular weight is 773 g/mol. The Morgan fingerprint density at radius 3 is 1.96 bits per heavy atom. The van der Waals surface area contributed by atoms with Gasteiger partial charge in [0, 0.05) is 5.92 Å². The van der Waals surface area contributed by atoms with Crippen LogP contribution in [-0.4, -0.2) is 158 Å². The van der Waals surface area contributed by atoms with Gasteiger partial charge in [-0.25, -0.2) is 0 Å². The Morgan fingerprint density at radius 1 is 0.667 bits per heavy atom. The molecule has 0 aromatic carbocycles. The van der Waals surface area contributed by atoms with Gasteiger partial charge < -0.3 is 74.4 Å². The molecule has 4 aliphatic carbocycles. The summed E-state index contributed by atoms with van der Waals surface area (Å²) >= 11 is 0. The van der Waals surface area contributed by atoms with Gasteiger partial charge in [-0.1, -0.05) is 39.3 Å². The molecule has 7 fully saturated rings. The van der Waals surface area contributed by atoms with Gasteiger partial charge in [0.05, 0.1) is 38.6 Å². The van der Waals surface area contributed by atoms with Gasteiger partial charge in [-0.2, -0.15) is 0 Å². The molecule has 7 rings (SSSR count). The number of fused-ring (bicyclic) bond motifs is 3. The van der Waals surface area contributed by atoms with Crippen LogP contribution in [0.25, 0.3) is 0 Å². The van der Waals surface area contributed by atoms with E-state index >= 15 is 0 Å². The molecule has 3 aliphatic heterocycles. The van der Waals surface area contributed by atoms with Gasteiger partial charge in [0.25, 0.3) is 0 Å². The highest BCUT2D eigenvalue weighted by atomic mass is 16.8. The van der Waals surface area contributed by atoms with Crippen LogP contribution in [0.1, 0.15) is 78.6 Å². The second-order valence-corrected chi connectivity index (χ2v) is 18.3. The predicted octanol–water partition coefficient (Wildman–Crippen LogP) is -0.304. The van der Waals surface area contributed by atoms with Crippen molar-refractivity contribution in [3.8, 4) is 0 Å². The summed E-state index contributed by atoms with van der Waals surface area (Å²) in [6, 6.07) is 0. The molecular weight excluding hydrogens is 708 g/mol. The summed E-state index contributed by atoms with van der Waals surface area (Å²) in [4.78, 5) is 0. The monoisotopic (exact) mass is 772 g/mol. The maximum atomic E-state index is 11.6. The van der Waals surface area contributed by atoms with Crippen molar-refractivity contribution >= 4 is 0 Å². The van der Waals surface area contributed by atoms with Crippen molar-refractivity contribution in [3.05, 3.63) is 12.2 Å². The second kappa shape index (κ2) is 15.7. The zero-order valence-electron chi connectivity index (χ0n) is 31.8. The highest BCUT2D eigenvalue weighted by molar-refractivity contribution is 5.22. The lowest BCUT2D eigenvalue weighted by atomic mass is 9.41. The standard InChI is InChI=1S/C39H64O15/c1-18-12-39-11-8-24-37(3,9-5-10-38(24,4)25(39)7-6-20(18)13-39)17-49-36-33(54-35-31(48)29(46)27(44)22(15-41)51-35)32(28(45)23(16-42)52-36)53-34-30(47)26(43)19(2)21(14-40)50-34/h19-36,40-48H,1,5-17H2,2-4H3/t19-,20-,21-,22-,23-,24-,25+,26+,27-,28-,29+,30-,31-,32+,33-,34+,35+,36-,37+,38-,39-/m1/s1. The van der Waals surface area contributed by atoms with E-state index in [1.165, 1.54) is 24.8 Å². The van der Waals surface area contributed by atoms with Crippen molar-refractivity contribution in [1.29, 1.82) is 0 Å². The first-order valence-electron chi connectivity index (χ1n) is 20.1. The van der Waals surface area contributed by atoms with E-state index < -0.39 is 112 Å². The molecule has 7 aliphatic rings. The van der Waals surface area contributed by atoms with Gasteiger partial charge in [-0.15, -0.1) is 0 Å². The van der Waals surface area contributed by atoms with Crippen molar-refractivity contribution in [2.45, 2.75) is 165 Å². The Labute approximate surface area is 317 Å². The van der Waals surface area contributed by atoms with Gasteiger partial charge >= 0.3 is 0 Å². The van der Waals surface area contributed by atoms with Crippen LogP contribution < -0.4 is 0 Å². The fourth-order valence-corrected chi connectivity index (χ4v) is 12.3. The SMILES string of the molecule is C=C1C[C@@]23CC[C@@H]4[C@](C)(CO[C@@H]5O[C@H](CO)[C@@H](O)[C@H](O[C@@H]6O[C@H](CO)[C@@H](C)[C@H](O)[C@H]6O)[C@H]5O[C@@H]5O[C@H](CO)[C@@H](O)[C@H](O)[C@H]5O)CCC[C@@]4(C)[C@@H]2CC[C@@H]1C3. The molecule has 0 aromatic rings. The third kappa shape index (κ3) is 6.94. The summed E-state index contributed by atoms with van der Waals surface area (Å²) in [7, 11) is 0. The largest absolute Gasteiger partial charge is 0.394 e. The van der Waals surface area contributed by atoms with Crippen LogP contribution in [-0.2, 0) is 28.4 Å². The van der Waals surface area contributed by atoms with Crippen LogP contribution in [0.4, 0.5) is 0 Å². The van der Waals surface area contributed by atoms with E-state index in [9.17, 15) is 46.0 Å². The number of hydrogen-bond acceptors (Lipinski definition) is 15. The molecule has 9 N–H and O–H groups in total. The first kappa shape index (κ1) is 41.3. The first-order valence-corrected chi connectivity index (χ1v) is 20.1. The Hall–Kier alpha value is -0.860. The number of ether oxygens (including phenoxy) is 6. The van der Waals surface area contributed by atoms with Crippen molar-refractivity contribution in [3.63, 3.8) is 0 Å². The summed E-state index contributed by atoms with van der Waals surface area (Å²) in [6.45, 7) is 9.14.